The molecule has 5 nitrogen and oxygen atoms in total. The molecule has 0 unspecified atom stereocenters. The quantitative estimate of drug-likeness (QED) is 0.594. The molecular formula is C22H18N4O. The Labute approximate surface area is 156 Å². The molecule has 0 saturated heterocycles. The van der Waals surface area contributed by atoms with E-state index in [1.54, 1.807) is 0 Å². The maximum absolute atomic E-state index is 13.0. The molecule has 0 saturated carbocycles. The molecule has 0 bridgehead atoms. The van der Waals surface area contributed by atoms with Gasteiger partial charge >= 0.3 is 0 Å². The van der Waals surface area contributed by atoms with E-state index in [2.05, 4.69) is 28.3 Å². The summed E-state index contributed by atoms with van der Waals surface area (Å²) in [6.45, 7) is 3.95. The van der Waals surface area contributed by atoms with Crippen molar-refractivity contribution in [3.05, 3.63) is 82.3 Å². The van der Waals surface area contributed by atoms with Crippen LogP contribution in [0.25, 0.3) is 28.0 Å². The molecule has 0 fully saturated rings. The fraction of sp³-hybridized carbons (Fsp3) is 0.136. The van der Waals surface area contributed by atoms with Crippen LogP contribution >= 0.6 is 0 Å². The van der Waals surface area contributed by atoms with Gasteiger partial charge in [-0.15, -0.1) is 0 Å². The first-order chi connectivity index (χ1) is 13.1. The van der Waals surface area contributed by atoms with Crippen LogP contribution in [0.1, 0.15) is 30.9 Å². The summed E-state index contributed by atoms with van der Waals surface area (Å²) in [4.78, 5) is 17.6. The monoisotopic (exact) mass is 354 g/mol. The van der Waals surface area contributed by atoms with Crippen LogP contribution in [0.15, 0.2) is 65.6 Å². The molecule has 0 atom stereocenters. The number of H-pyrrole nitrogens is 1. The molecule has 2 aromatic carbocycles. The Morgan fingerprint density at radius 1 is 1.00 bits per heavy atom. The highest BCUT2D eigenvalue weighted by molar-refractivity contribution is 5.72. The van der Waals surface area contributed by atoms with Crippen molar-refractivity contribution in [2.75, 3.05) is 0 Å². The van der Waals surface area contributed by atoms with E-state index in [1.165, 1.54) is 10.7 Å². The average Bonchev–Trinajstić information content (AvgIpc) is 3.12. The molecule has 4 aromatic rings. The summed E-state index contributed by atoms with van der Waals surface area (Å²) >= 11 is 0. The van der Waals surface area contributed by atoms with Crippen molar-refractivity contribution in [2.45, 2.75) is 19.8 Å². The molecule has 4 rings (SSSR count). The maximum Gasteiger partial charge on any atom is 0.276 e. The molecule has 0 aliphatic heterocycles. The Morgan fingerprint density at radius 2 is 1.63 bits per heavy atom. The van der Waals surface area contributed by atoms with E-state index in [4.69, 9.17) is 0 Å². The van der Waals surface area contributed by atoms with Crippen LogP contribution in [-0.2, 0) is 0 Å². The zero-order chi connectivity index (χ0) is 19.0. The first kappa shape index (κ1) is 16.8. The van der Waals surface area contributed by atoms with Crippen LogP contribution in [0, 0.1) is 11.3 Å². The summed E-state index contributed by atoms with van der Waals surface area (Å²) in [7, 11) is 0. The van der Waals surface area contributed by atoms with Gasteiger partial charge in [0.25, 0.3) is 5.56 Å². The third kappa shape index (κ3) is 2.81. The van der Waals surface area contributed by atoms with E-state index < -0.39 is 0 Å². The highest BCUT2D eigenvalue weighted by atomic mass is 16.1. The largest absolute Gasteiger partial charge is 0.295 e. The Kier molecular flexibility index (Phi) is 4.09. The first-order valence-electron chi connectivity index (χ1n) is 8.80. The normalized spacial score (nSPS) is 11.0. The number of nitrogens with one attached hydrogen (secondary N) is 1. The van der Waals surface area contributed by atoms with E-state index in [0.29, 0.717) is 22.5 Å². The summed E-state index contributed by atoms with van der Waals surface area (Å²) in [5.41, 5.74) is 4.90. The van der Waals surface area contributed by atoms with Gasteiger partial charge in [-0.05, 0) is 17.0 Å². The zero-order valence-electron chi connectivity index (χ0n) is 15.1. The van der Waals surface area contributed by atoms with Gasteiger partial charge in [0.05, 0.1) is 5.69 Å². The molecule has 0 radical (unpaired) electrons. The topological polar surface area (TPSA) is 73.9 Å². The number of hydrogen-bond donors (Lipinski definition) is 1. The van der Waals surface area contributed by atoms with Crippen LogP contribution < -0.4 is 5.56 Å². The lowest BCUT2D eigenvalue weighted by Crippen LogP contribution is -2.22. The zero-order valence-corrected chi connectivity index (χ0v) is 15.1. The van der Waals surface area contributed by atoms with Crippen molar-refractivity contribution in [3.8, 4) is 28.5 Å². The second-order valence-electron chi connectivity index (χ2n) is 6.74. The van der Waals surface area contributed by atoms with Crippen LogP contribution in [0.2, 0.25) is 0 Å². The van der Waals surface area contributed by atoms with Gasteiger partial charge in [0.15, 0.2) is 5.65 Å². The fourth-order valence-electron chi connectivity index (χ4n) is 3.30. The first-order valence-corrected chi connectivity index (χ1v) is 8.80. The van der Waals surface area contributed by atoms with Gasteiger partial charge in [-0.3, -0.25) is 9.89 Å². The van der Waals surface area contributed by atoms with Crippen molar-refractivity contribution in [1.82, 2.24) is 14.6 Å². The molecule has 0 aliphatic rings. The number of aromatic nitrogens is 3. The minimum Gasteiger partial charge on any atom is -0.295 e. The third-order valence-corrected chi connectivity index (χ3v) is 4.66. The number of aromatic amines is 1. The van der Waals surface area contributed by atoms with Gasteiger partial charge in [0, 0.05) is 17.3 Å². The smallest absolute Gasteiger partial charge is 0.276 e. The standard InChI is InChI=1S/C22H18N4O/c1-14(2)19-20(25-21-18(12-23)13-24-26(21)22(19)27)17-10-8-16(9-11-17)15-6-4-3-5-7-15/h3-11,13-14,24H,1-2H3. The van der Waals surface area contributed by atoms with E-state index in [0.717, 1.165) is 16.7 Å². The Bertz CT molecular complexity index is 1210. The summed E-state index contributed by atoms with van der Waals surface area (Å²) in [5.74, 6) is -0.000430. The maximum atomic E-state index is 13.0. The van der Waals surface area contributed by atoms with Gasteiger partial charge in [-0.25, -0.2) is 9.50 Å². The minimum atomic E-state index is -0.168. The van der Waals surface area contributed by atoms with Gasteiger partial charge in [0.2, 0.25) is 0 Å². The molecule has 5 heteroatoms. The number of nitrogens with zero attached hydrogens (tertiary/aromatic N) is 3. The predicted octanol–water partition coefficient (Wildman–Crippen LogP) is 4.35. The average molecular weight is 354 g/mol. The highest BCUT2D eigenvalue weighted by Gasteiger charge is 2.19. The molecule has 0 aliphatic carbocycles. The fourth-order valence-corrected chi connectivity index (χ4v) is 3.30. The SMILES string of the molecule is CC(C)c1c(-c2ccc(-c3ccccc3)cc2)nc2c(C#N)c[nH]n2c1=O. The van der Waals surface area contributed by atoms with Crippen LogP contribution in [0.5, 0.6) is 0 Å². The lowest BCUT2D eigenvalue weighted by atomic mass is 9.96. The van der Waals surface area contributed by atoms with Gasteiger partial charge in [-0.1, -0.05) is 68.4 Å². The molecule has 2 aromatic heterocycles. The van der Waals surface area contributed by atoms with Crippen molar-refractivity contribution < 1.29 is 0 Å². The summed E-state index contributed by atoms with van der Waals surface area (Å²) in [6.07, 6.45) is 1.51. The lowest BCUT2D eigenvalue weighted by Gasteiger charge is -2.12. The van der Waals surface area contributed by atoms with E-state index in [9.17, 15) is 10.1 Å². The van der Waals surface area contributed by atoms with E-state index in [-0.39, 0.29) is 11.5 Å². The van der Waals surface area contributed by atoms with Crippen molar-refractivity contribution in [1.29, 1.82) is 5.26 Å². The van der Waals surface area contributed by atoms with Gasteiger partial charge in [-0.2, -0.15) is 5.26 Å². The molecular weight excluding hydrogens is 336 g/mol. The number of fused-ring (bicyclic) bond motifs is 1. The molecule has 27 heavy (non-hydrogen) atoms. The highest BCUT2D eigenvalue weighted by Crippen LogP contribution is 2.28. The second-order valence-corrected chi connectivity index (χ2v) is 6.74. The molecule has 132 valence electrons. The predicted molar refractivity (Wildman–Crippen MR) is 105 cm³/mol. The van der Waals surface area contributed by atoms with Crippen LogP contribution in [0.3, 0.4) is 0 Å². The van der Waals surface area contributed by atoms with Crippen molar-refractivity contribution in [2.24, 2.45) is 0 Å². The summed E-state index contributed by atoms with van der Waals surface area (Å²) < 4.78 is 1.34. The Hall–Kier alpha value is -3.65. The lowest BCUT2D eigenvalue weighted by molar-refractivity contribution is 0.797. The number of rotatable bonds is 3. The second kappa shape index (κ2) is 6.58. The summed E-state index contributed by atoms with van der Waals surface area (Å²) in [5, 5.41) is 12.1. The minimum absolute atomic E-state index is 0.000430. The Morgan fingerprint density at radius 3 is 2.26 bits per heavy atom. The van der Waals surface area contributed by atoms with E-state index >= 15 is 0 Å². The van der Waals surface area contributed by atoms with Gasteiger partial charge in [0.1, 0.15) is 11.6 Å². The third-order valence-electron chi connectivity index (χ3n) is 4.66. The molecule has 0 spiro atoms. The molecule has 2 heterocycles. The number of benzene rings is 2. The Balaban J connectivity index is 1.91. The van der Waals surface area contributed by atoms with Crippen LogP contribution in [-0.4, -0.2) is 14.6 Å². The molecule has 1 N–H and O–H groups in total. The van der Waals surface area contributed by atoms with E-state index in [1.807, 2.05) is 56.3 Å². The number of nitriles is 1. The van der Waals surface area contributed by atoms with Gasteiger partial charge < -0.3 is 0 Å². The van der Waals surface area contributed by atoms with Crippen molar-refractivity contribution in [3.63, 3.8) is 0 Å². The van der Waals surface area contributed by atoms with Crippen LogP contribution in [0.4, 0.5) is 0 Å². The molecule has 0 amide bonds. The number of hydrogen-bond acceptors (Lipinski definition) is 3. The summed E-state index contributed by atoms with van der Waals surface area (Å²) in [6, 6.07) is 20.2. The van der Waals surface area contributed by atoms with Crippen molar-refractivity contribution >= 4 is 5.65 Å².